The summed E-state index contributed by atoms with van der Waals surface area (Å²) in [6.07, 6.45) is 0.323. The van der Waals surface area contributed by atoms with Crippen molar-refractivity contribution in [3.05, 3.63) is 93.3 Å². The van der Waals surface area contributed by atoms with Crippen molar-refractivity contribution in [2.24, 2.45) is 0 Å². The summed E-state index contributed by atoms with van der Waals surface area (Å²) in [7, 11) is 1.30. The van der Waals surface area contributed by atoms with E-state index in [0.29, 0.717) is 40.9 Å². The Morgan fingerprint density at radius 3 is 2.47 bits per heavy atom. The fraction of sp³-hybridized carbons (Fsp3) is 0.241. The summed E-state index contributed by atoms with van der Waals surface area (Å²) in [5.74, 6) is -2.05. The summed E-state index contributed by atoms with van der Waals surface area (Å²) < 4.78 is 4.82. The molecule has 2 aromatic carbocycles. The number of fused-ring (bicyclic) bond motifs is 1. The van der Waals surface area contributed by atoms with Crippen LogP contribution in [0.1, 0.15) is 58.4 Å². The average molecular weight is 531 g/mol. The average Bonchev–Trinajstić information content (AvgIpc) is 3.41. The second-order valence-corrected chi connectivity index (χ2v) is 10.2. The van der Waals surface area contributed by atoms with Crippen LogP contribution in [0, 0.1) is 0 Å². The number of carbonyl (C=O) groups excluding carboxylic acids is 3. The Morgan fingerprint density at radius 1 is 1.03 bits per heavy atom. The van der Waals surface area contributed by atoms with E-state index in [2.05, 4.69) is 5.32 Å². The molecule has 9 heteroatoms. The predicted molar refractivity (Wildman–Crippen MR) is 143 cm³/mol. The molecule has 3 aromatic rings. The molecule has 1 aliphatic carbocycles. The minimum Gasteiger partial charge on any atom is -0.481 e. The number of anilines is 2. The number of ether oxygens (including phenoxy) is 1. The van der Waals surface area contributed by atoms with Crippen LogP contribution in [0.25, 0.3) is 0 Å². The Bertz CT molecular complexity index is 1430. The van der Waals surface area contributed by atoms with E-state index in [9.17, 15) is 24.3 Å². The number of ketones is 1. The molecule has 1 aliphatic heterocycles. The zero-order valence-electron chi connectivity index (χ0n) is 20.7. The number of thiophene rings is 1. The zero-order valence-corrected chi connectivity index (χ0v) is 21.5. The number of esters is 1. The quantitative estimate of drug-likeness (QED) is 0.416. The van der Waals surface area contributed by atoms with Gasteiger partial charge in [0.05, 0.1) is 36.5 Å². The summed E-state index contributed by atoms with van der Waals surface area (Å²) in [5, 5.41) is 14.7. The van der Waals surface area contributed by atoms with Gasteiger partial charge in [-0.05, 0) is 47.7 Å². The van der Waals surface area contributed by atoms with E-state index in [1.54, 1.807) is 47.7 Å². The van der Waals surface area contributed by atoms with Crippen molar-refractivity contribution < 1.29 is 29.0 Å². The minimum atomic E-state index is -1.08. The summed E-state index contributed by atoms with van der Waals surface area (Å²) >= 11 is 1.61. The number of nitrogens with zero attached hydrogens (tertiary/aromatic N) is 1. The van der Waals surface area contributed by atoms with Crippen LogP contribution in [0.2, 0.25) is 0 Å². The van der Waals surface area contributed by atoms with Gasteiger partial charge in [-0.25, -0.2) is 4.79 Å². The molecule has 0 bridgehead atoms. The maximum Gasteiger partial charge on any atom is 0.337 e. The molecule has 194 valence electrons. The van der Waals surface area contributed by atoms with Crippen LogP contribution >= 0.6 is 11.3 Å². The summed E-state index contributed by atoms with van der Waals surface area (Å²) in [4.78, 5) is 53.6. The molecule has 0 radical (unpaired) electrons. The monoisotopic (exact) mass is 530 g/mol. The number of amides is 1. The lowest BCUT2D eigenvalue weighted by Crippen LogP contribution is -2.38. The van der Waals surface area contributed by atoms with E-state index in [-0.39, 0.29) is 24.5 Å². The van der Waals surface area contributed by atoms with Crippen LogP contribution in [-0.4, -0.2) is 35.8 Å². The van der Waals surface area contributed by atoms with E-state index in [1.165, 1.54) is 12.0 Å². The Morgan fingerprint density at radius 2 is 1.79 bits per heavy atom. The SMILES string of the molecule is COC(=O)c1ccc([C@@H]2C3=C(C[C@@H](c4cccs4)CC3=O)Nc3ccccc3N2C(=O)CCC(=O)O)cc1. The standard InChI is InChI=1S/C29H26N2O6S/c1-37-29(36)18-10-8-17(9-11-18)28-27-21(15-19(16-23(27)32)24-7-4-14-38-24)30-20-5-2-3-6-22(20)31(28)25(33)12-13-26(34)35/h2-11,14,19,28,30H,12-13,15-16H2,1H3,(H,34,35)/t19-,28-/m1/s1. The maximum absolute atomic E-state index is 13.9. The van der Waals surface area contributed by atoms with Gasteiger partial charge in [-0.3, -0.25) is 19.3 Å². The highest BCUT2D eigenvalue weighted by atomic mass is 32.1. The number of hydrogen-bond acceptors (Lipinski definition) is 7. The number of methoxy groups -OCH3 is 1. The number of aliphatic carboxylic acids is 1. The Labute approximate surface area is 223 Å². The number of rotatable bonds is 6. The van der Waals surface area contributed by atoms with Gasteiger partial charge in [0.1, 0.15) is 0 Å². The molecule has 0 spiro atoms. The maximum atomic E-state index is 13.9. The highest BCUT2D eigenvalue weighted by Gasteiger charge is 2.41. The Hall–Kier alpha value is -4.24. The van der Waals surface area contributed by atoms with Gasteiger partial charge in [0.25, 0.3) is 0 Å². The van der Waals surface area contributed by atoms with Crippen molar-refractivity contribution >= 4 is 46.3 Å². The first kappa shape index (κ1) is 25.4. The van der Waals surface area contributed by atoms with Gasteiger partial charge in [-0.2, -0.15) is 0 Å². The van der Waals surface area contributed by atoms with E-state index in [1.807, 2.05) is 29.6 Å². The summed E-state index contributed by atoms with van der Waals surface area (Å²) in [6.45, 7) is 0. The predicted octanol–water partition coefficient (Wildman–Crippen LogP) is 5.30. The molecule has 2 heterocycles. The van der Waals surface area contributed by atoms with E-state index >= 15 is 0 Å². The van der Waals surface area contributed by atoms with Crippen molar-refractivity contribution in [3.63, 3.8) is 0 Å². The number of nitrogens with one attached hydrogen (secondary N) is 1. The van der Waals surface area contributed by atoms with E-state index in [4.69, 9.17) is 4.74 Å². The molecule has 8 nitrogen and oxygen atoms in total. The molecule has 38 heavy (non-hydrogen) atoms. The third-order valence-corrected chi connectivity index (χ3v) is 7.94. The first-order valence-electron chi connectivity index (χ1n) is 12.2. The number of allylic oxidation sites excluding steroid dienone is 1. The fourth-order valence-electron chi connectivity index (χ4n) is 5.16. The van der Waals surface area contributed by atoms with Gasteiger partial charge in [-0.1, -0.05) is 30.3 Å². The van der Waals surface area contributed by atoms with Crippen LogP contribution in [-0.2, 0) is 19.1 Å². The minimum absolute atomic E-state index is 0.0116. The summed E-state index contributed by atoms with van der Waals surface area (Å²) in [6, 6.07) is 17.1. The number of Topliss-reactive ketones (excluding diaryl/α,β-unsaturated/α-hetero) is 1. The van der Waals surface area contributed by atoms with Gasteiger partial charge < -0.3 is 15.2 Å². The smallest absolute Gasteiger partial charge is 0.337 e. The van der Waals surface area contributed by atoms with Crippen LogP contribution in [0.5, 0.6) is 0 Å². The first-order valence-corrected chi connectivity index (χ1v) is 13.1. The molecule has 0 saturated heterocycles. The zero-order chi connectivity index (χ0) is 26.8. The van der Waals surface area contributed by atoms with Gasteiger partial charge in [-0.15, -0.1) is 11.3 Å². The number of para-hydroxylation sites is 2. The number of carbonyl (C=O) groups is 4. The van der Waals surface area contributed by atoms with Crippen LogP contribution in [0.4, 0.5) is 11.4 Å². The first-order chi connectivity index (χ1) is 18.4. The lowest BCUT2D eigenvalue weighted by atomic mass is 9.80. The van der Waals surface area contributed by atoms with Gasteiger partial charge in [0.15, 0.2) is 5.78 Å². The Kier molecular flexibility index (Phi) is 7.11. The third-order valence-electron chi connectivity index (χ3n) is 6.90. The van der Waals surface area contributed by atoms with Crippen molar-refractivity contribution in [2.75, 3.05) is 17.3 Å². The molecule has 0 fully saturated rings. The molecule has 2 atom stereocenters. The van der Waals surface area contributed by atoms with E-state index < -0.39 is 23.9 Å². The molecule has 1 amide bonds. The van der Waals surface area contributed by atoms with E-state index in [0.717, 1.165) is 10.6 Å². The second kappa shape index (κ2) is 10.6. The fourth-order valence-corrected chi connectivity index (χ4v) is 5.99. The van der Waals surface area contributed by atoms with Gasteiger partial charge in [0.2, 0.25) is 5.91 Å². The number of carboxylic acids is 1. The highest BCUT2D eigenvalue weighted by Crippen LogP contribution is 2.48. The second-order valence-electron chi connectivity index (χ2n) is 9.25. The van der Waals surface area contributed by atoms with Crippen molar-refractivity contribution in [1.29, 1.82) is 0 Å². The number of carboxylic acid groups (broad SMARTS) is 1. The van der Waals surface area contributed by atoms with Crippen molar-refractivity contribution in [1.82, 2.24) is 0 Å². The molecule has 2 N–H and O–H groups in total. The summed E-state index contributed by atoms with van der Waals surface area (Å²) in [5.41, 5.74) is 3.41. The van der Waals surface area contributed by atoms with Crippen LogP contribution < -0.4 is 10.2 Å². The number of benzene rings is 2. The van der Waals surface area contributed by atoms with Crippen LogP contribution in [0.3, 0.4) is 0 Å². The third kappa shape index (κ3) is 4.84. The molecular weight excluding hydrogens is 504 g/mol. The van der Waals surface area contributed by atoms with Crippen molar-refractivity contribution in [2.45, 2.75) is 37.6 Å². The molecule has 0 unspecified atom stereocenters. The normalized spacial score (nSPS) is 18.7. The highest BCUT2D eigenvalue weighted by molar-refractivity contribution is 7.10. The molecule has 0 saturated carbocycles. The molecule has 5 rings (SSSR count). The molecule has 1 aromatic heterocycles. The van der Waals surface area contributed by atoms with Gasteiger partial charge >= 0.3 is 11.9 Å². The lowest BCUT2D eigenvalue weighted by molar-refractivity contribution is -0.138. The van der Waals surface area contributed by atoms with Crippen LogP contribution in [0.15, 0.2) is 77.3 Å². The molecular formula is C29H26N2O6S. The largest absolute Gasteiger partial charge is 0.481 e. The van der Waals surface area contributed by atoms with Crippen molar-refractivity contribution in [3.8, 4) is 0 Å². The molecule has 2 aliphatic rings. The van der Waals surface area contributed by atoms with Gasteiger partial charge in [0, 0.05) is 34.9 Å². The Balaban J connectivity index is 1.68. The topological polar surface area (TPSA) is 113 Å². The lowest BCUT2D eigenvalue weighted by Gasteiger charge is -2.35. The number of hydrogen-bond donors (Lipinski definition) is 2.